The number of ketones is 1. The molecule has 0 aliphatic heterocycles. The Morgan fingerprint density at radius 2 is 1.67 bits per heavy atom. The molecular weight excluding hydrogens is 356 g/mol. The molecular formula is C18H32N2O7. The number of hydrogen-bond acceptors (Lipinski definition) is 8. The van der Waals surface area contributed by atoms with E-state index in [0.29, 0.717) is 6.21 Å². The summed E-state index contributed by atoms with van der Waals surface area (Å²) >= 11 is 0. The SMILES string of the molecule is CC.CCOC(=O)C(CCC(=O)C=N)NC(=O)OC(C)OC(=O)C(C)(C)C. The predicted octanol–water partition coefficient (Wildman–Crippen LogP) is 2.60. The van der Waals surface area contributed by atoms with E-state index in [1.807, 2.05) is 13.8 Å². The molecule has 0 rings (SSSR count). The second-order valence-corrected chi connectivity index (χ2v) is 6.23. The van der Waals surface area contributed by atoms with Crippen molar-refractivity contribution in [3.05, 3.63) is 0 Å². The summed E-state index contributed by atoms with van der Waals surface area (Å²) in [5.41, 5.74) is -0.755. The summed E-state index contributed by atoms with van der Waals surface area (Å²) in [6.45, 7) is 12.0. The van der Waals surface area contributed by atoms with Gasteiger partial charge in [0.2, 0.25) is 6.29 Å². The molecule has 9 heteroatoms. The highest BCUT2D eigenvalue weighted by atomic mass is 16.7. The first-order valence-electron chi connectivity index (χ1n) is 8.89. The Bertz CT molecular complexity index is 512. The van der Waals surface area contributed by atoms with Crippen LogP contribution >= 0.6 is 0 Å². The minimum Gasteiger partial charge on any atom is -0.464 e. The van der Waals surface area contributed by atoms with Crippen LogP contribution < -0.4 is 5.32 Å². The van der Waals surface area contributed by atoms with Gasteiger partial charge < -0.3 is 24.9 Å². The van der Waals surface area contributed by atoms with Crippen molar-refractivity contribution in [3.63, 3.8) is 0 Å². The van der Waals surface area contributed by atoms with Gasteiger partial charge in [0.15, 0.2) is 5.78 Å². The van der Waals surface area contributed by atoms with Gasteiger partial charge in [0, 0.05) is 13.3 Å². The highest BCUT2D eigenvalue weighted by Crippen LogP contribution is 2.16. The maximum Gasteiger partial charge on any atom is 0.410 e. The molecule has 0 aliphatic rings. The number of carbonyl (C=O) groups is 4. The van der Waals surface area contributed by atoms with Crippen LogP contribution in [0.1, 0.15) is 61.3 Å². The van der Waals surface area contributed by atoms with E-state index < -0.39 is 41.6 Å². The van der Waals surface area contributed by atoms with Gasteiger partial charge in [-0.05, 0) is 34.1 Å². The molecule has 0 saturated heterocycles. The smallest absolute Gasteiger partial charge is 0.410 e. The number of hydrogen-bond donors (Lipinski definition) is 2. The summed E-state index contributed by atoms with van der Waals surface area (Å²) in [4.78, 5) is 46.6. The van der Waals surface area contributed by atoms with Gasteiger partial charge >= 0.3 is 18.0 Å². The third-order valence-electron chi connectivity index (χ3n) is 2.86. The second kappa shape index (κ2) is 13.7. The lowest BCUT2D eigenvalue weighted by molar-refractivity contribution is -0.174. The highest BCUT2D eigenvalue weighted by molar-refractivity contribution is 6.26. The molecule has 0 aromatic rings. The number of alkyl carbamates (subject to hydrolysis) is 1. The van der Waals surface area contributed by atoms with Crippen LogP contribution in [0.15, 0.2) is 0 Å². The van der Waals surface area contributed by atoms with Crippen LogP contribution in [0.2, 0.25) is 0 Å². The molecule has 2 atom stereocenters. The number of amides is 1. The highest BCUT2D eigenvalue weighted by Gasteiger charge is 2.28. The molecule has 0 saturated carbocycles. The van der Waals surface area contributed by atoms with Crippen molar-refractivity contribution in [2.75, 3.05) is 6.61 Å². The zero-order chi connectivity index (χ0) is 21.6. The summed E-state index contributed by atoms with van der Waals surface area (Å²) in [5.74, 6) is -1.76. The topological polar surface area (TPSA) is 132 Å². The Morgan fingerprint density at radius 1 is 1.11 bits per heavy atom. The molecule has 0 aromatic heterocycles. The van der Waals surface area contributed by atoms with Gasteiger partial charge in [0.1, 0.15) is 6.04 Å². The second-order valence-electron chi connectivity index (χ2n) is 6.23. The van der Waals surface area contributed by atoms with Crippen LogP contribution in [0.5, 0.6) is 0 Å². The number of Topliss-reactive ketones (excluding diaryl/α,β-unsaturated/α-hetero) is 1. The third kappa shape index (κ3) is 12.5. The van der Waals surface area contributed by atoms with Crippen molar-refractivity contribution >= 4 is 30.0 Å². The molecule has 0 aliphatic carbocycles. The summed E-state index contributed by atoms with van der Waals surface area (Å²) < 4.78 is 14.7. The lowest BCUT2D eigenvalue weighted by Crippen LogP contribution is -2.44. The van der Waals surface area contributed by atoms with Crippen molar-refractivity contribution in [2.24, 2.45) is 5.41 Å². The normalized spacial score (nSPS) is 12.4. The number of esters is 2. The summed E-state index contributed by atoms with van der Waals surface area (Å²) in [6.07, 6.45) is -1.67. The third-order valence-corrected chi connectivity index (χ3v) is 2.86. The molecule has 27 heavy (non-hydrogen) atoms. The van der Waals surface area contributed by atoms with Gasteiger partial charge in [-0.1, -0.05) is 13.8 Å². The van der Waals surface area contributed by atoms with E-state index in [-0.39, 0.29) is 19.4 Å². The first-order valence-corrected chi connectivity index (χ1v) is 8.89. The van der Waals surface area contributed by atoms with Crippen LogP contribution in [-0.4, -0.2) is 49.0 Å². The number of ether oxygens (including phenoxy) is 3. The van der Waals surface area contributed by atoms with Gasteiger partial charge in [0.05, 0.1) is 18.2 Å². The van der Waals surface area contributed by atoms with E-state index >= 15 is 0 Å². The molecule has 1 amide bonds. The molecule has 156 valence electrons. The Hall–Kier alpha value is -2.45. The van der Waals surface area contributed by atoms with Gasteiger partial charge in [0.25, 0.3) is 0 Å². The van der Waals surface area contributed by atoms with E-state index in [4.69, 9.17) is 19.6 Å². The lowest BCUT2D eigenvalue weighted by atomic mass is 9.97. The van der Waals surface area contributed by atoms with Crippen molar-refractivity contribution < 1.29 is 33.4 Å². The molecule has 0 fully saturated rings. The van der Waals surface area contributed by atoms with E-state index in [9.17, 15) is 19.2 Å². The minimum absolute atomic E-state index is 0.0433. The number of carbonyl (C=O) groups excluding carboxylic acids is 4. The molecule has 0 aromatic carbocycles. The Labute approximate surface area is 160 Å². The summed E-state index contributed by atoms with van der Waals surface area (Å²) in [7, 11) is 0. The van der Waals surface area contributed by atoms with E-state index in [1.54, 1.807) is 27.7 Å². The average molecular weight is 388 g/mol. The van der Waals surface area contributed by atoms with E-state index in [0.717, 1.165) is 0 Å². The number of rotatable bonds is 9. The van der Waals surface area contributed by atoms with Gasteiger partial charge in [-0.2, -0.15) is 0 Å². The fourth-order valence-electron chi connectivity index (χ4n) is 1.53. The molecule has 0 radical (unpaired) electrons. The monoisotopic (exact) mass is 388 g/mol. The van der Waals surface area contributed by atoms with Crippen molar-refractivity contribution in [3.8, 4) is 0 Å². The maximum atomic E-state index is 11.9. The first kappa shape index (κ1) is 26.8. The number of nitrogens with one attached hydrogen (secondary N) is 2. The average Bonchev–Trinajstić information content (AvgIpc) is 2.58. The van der Waals surface area contributed by atoms with Gasteiger partial charge in [-0.3, -0.25) is 9.59 Å². The van der Waals surface area contributed by atoms with E-state index in [2.05, 4.69) is 5.32 Å². The minimum atomic E-state index is -1.15. The molecule has 2 N–H and O–H groups in total. The van der Waals surface area contributed by atoms with Crippen LogP contribution in [0.3, 0.4) is 0 Å². The Morgan fingerprint density at radius 3 is 2.11 bits per heavy atom. The van der Waals surface area contributed by atoms with Gasteiger partial charge in [-0.25, -0.2) is 9.59 Å². The molecule has 0 spiro atoms. The molecule has 9 nitrogen and oxygen atoms in total. The van der Waals surface area contributed by atoms with Crippen LogP contribution in [0.25, 0.3) is 0 Å². The summed E-state index contributed by atoms with van der Waals surface area (Å²) in [6, 6.07) is -1.11. The Balaban J connectivity index is 0. The lowest BCUT2D eigenvalue weighted by Gasteiger charge is -2.22. The maximum absolute atomic E-state index is 11.9. The fourth-order valence-corrected chi connectivity index (χ4v) is 1.53. The van der Waals surface area contributed by atoms with Gasteiger partial charge in [-0.15, -0.1) is 0 Å². The largest absolute Gasteiger partial charge is 0.464 e. The van der Waals surface area contributed by atoms with Crippen LogP contribution in [0.4, 0.5) is 4.79 Å². The zero-order valence-corrected chi connectivity index (χ0v) is 17.2. The van der Waals surface area contributed by atoms with Crippen LogP contribution in [0, 0.1) is 10.8 Å². The molecule has 0 heterocycles. The summed E-state index contributed by atoms with van der Waals surface area (Å²) in [5, 5.41) is 9.11. The standard InChI is InChI=1S/C16H26N2O7.C2H6/c1-6-23-13(20)12(8-7-11(19)9-17)18-15(22)25-10(2)24-14(21)16(3,4)5;1-2/h9-10,12,17H,6-8H2,1-5H3,(H,18,22);1-2H3. The zero-order valence-electron chi connectivity index (χ0n) is 17.2. The van der Waals surface area contributed by atoms with Crippen molar-refractivity contribution in [1.29, 1.82) is 5.41 Å². The first-order chi connectivity index (χ1) is 12.5. The molecule has 2 unspecified atom stereocenters. The van der Waals surface area contributed by atoms with Crippen LogP contribution in [-0.2, 0) is 28.6 Å². The quantitative estimate of drug-likeness (QED) is 0.352. The van der Waals surface area contributed by atoms with Crippen molar-refractivity contribution in [2.45, 2.75) is 73.6 Å². The predicted molar refractivity (Wildman–Crippen MR) is 99.4 cm³/mol. The van der Waals surface area contributed by atoms with E-state index in [1.165, 1.54) is 6.92 Å². The molecule has 0 bridgehead atoms. The van der Waals surface area contributed by atoms with Crippen molar-refractivity contribution in [1.82, 2.24) is 5.32 Å². The Kier molecular flexibility index (Phi) is 13.6. The fraction of sp³-hybridized carbons (Fsp3) is 0.722.